The topological polar surface area (TPSA) is 115 Å². The van der Waals surface area contributed by atoms with Gasteiger partial charge in [0, 0.05) is 58.0 Å². The Bertz CT molecular complexity index is 1170. The number of methoxy groups -OCH3 is 2. The van der Waals surface area contributed by atoms with Crippen molar-refractivity contribution in [1.29, 1.82) is 0 Å². The number of nitrogens with zero attached hydrogens (tertiary/aromatic N) is 6. The molecule has 184 valence electrons. The number of piperazine rings is 1. The van der Waals surface area contributed by atoms with E-state index >= 15 is 0 Å². The molecular formula is C24H29N7O4. The van der Waals surface area contributed by atoms with E-state index in [4.69, 9.17) is 9.47 Å². The molecular weight excluding hydrogens is 450 g/mol. The number of benzene rings is 1. The van der Waals surface area contributed by atoms with Crippen molar-refractivity contribution < 1.29 is 19.1 Å². The van der Waals surface area contributed by atoms with Gasteiger partial charge in [-0.3, -0.25) is 14.2 Å². The summed E-state index contributed by atoms with van der Waals surface area (Å²) >= 11 is 0. The van der Waals surface area contributed by atoms with Crippen LogP contribution in [0.1, 0.15) is 18.9 Å². The van der Waals surface area contributed by atoms with Gasteiger partial charge in [-0.15, -0.1) is 0 Å². The second-order valence-corrected chi connectivity index (χ2v) is 8.19. The summed E-state index contributed by atoms with van der Waals surface area (Å²) in [5, 5.41) is 2.97. The van der Waals surface area contributed by atoms with Crippen molar-refractivity contribution in [3.63, 3.8) is 0 Å². The monoisotopic (exact) mass is 479 g/mol. The maximum absolute atomic E-state index is 12.9. The van der Waals surface area contributed by atoms with E-state index in [0.717, 1.165) is 5.56 Å². The predicted octanol–water partition coefficient (Wildman–Crippen LogP) is 1.42. The van der Waals surface area contributed by atoms with Gasteiger partial charge in [0.15, 0.2) is 11.5 Å². The molecule has 2 amide bonds. The highest BCUT2D eigenvalue weighted by Crippen LogP contribution is 2.27. The van der Waals surface area contributed by atoms with E-state index < -0.39 is 0 Å². The molecule has 35 heavy (non-hydrogen) atoms. The molecule has 0 spiro atoms. The minimum absolute atomic E-state index is 0.0119. The van der Waals surface area contributed by atoms with E-state index in [1.165, 1.54) is 6.33 Å². The minimum Gasteiger partial charge on any atom is -0.493 e. The number of nitrogens with one attached hydrogen (secondary N) is 1. The summed E-state index contributed by atoms with van der Waals surface area (Å²) in [5.74, 6) is 2.48. The lowest BCUT2D eigenvalue weighted by atomic mass is 10.1. The third kappa shape index (κ3) is 5.68. The molecule has 11 nitrogen and oxygen atoms in total. The van der Waals surface area contributed by atoms with Crippen LogP contribution in [0.5, 0.6) is 11.5 Å². The zero-order valence-electron chi connectivity index (χ0n) is 20.0. The van der Waals surface area contributed by atoms with Crippen molar-refractivity contribution in [3.05, 3.63) is 54.9 Å². The van der Waals surface area contributed by atoms with Crippen LogP contribution in [0.4, 0.5) is 5.82 Å². The highest BCUT2D eigenvalue weighted by molar-refractivity contribution is 5.78. The van der Waals surface area contributed by atoms with Gasteiger partial charge >= 0.3 is 0 Å². The fraction of sp³-hybridized carbons (Fsp3) is 0.375. The normalized spacial score (nSPS) is 15.6. The molecule has 1 N–H and O–H groups in total. The van der Waals surface area contributed by atoms with Gasteiger partial charge < -0.3 is 24.6 Å². The Labute approximate surface area is 203 Å². The Morgan fingerprint density at radius 1 is 1.09 bits per heavy atom. The smallest absolute Gasteiger partial charge is 0.222 e. The molecule has 0 bridgehead atoms. The van der Waals surface area contributed by atoms with Crippen LogP contribution in [-0.4, -0.2) is 76.1 Å². The summed E-state index contributed by atoms with van der Waals surface area (Å²) in [6, 6.07) is 7.15. The van der Waals surface area contributed by atoms with E-state index in [0.29, 0.717) is 49.3 Å². The molecule has 1 saturated heterocycles. The van der Waals surface area contributed by atoms with Crippen LogP contribution in [0.3, 0.4) is 0 Å². The first-order valence-electron chi connectivity index (χ1n) is 11.3. The minimum atomic E-state index is -0.233. The van der Waals surface area contributed by atoms with E-state index in [9.17, 15) is 9.59 Å². The van der Waals surface area contributed by atoms with Crippen LogP contribution in [0.2, 0.25) is 0 Å². The number of aromatic nitrogens is 4. The zero-order chi connectivity index (χ0) is 24.8. The quantitative estimate of drug-likeness (QED) is 0.516. The summed E-state index contributed by atoms with van der Waals surface area (Å²) in [5.41, 5.74) is 0.891. The number of ether oxygens (including phenoxy) is 2. The summed E-state index contributed by atoms with van der Waals surface area (Å²) in [6.07, 6.45) is 6.86. The first-order valence-corrected chi connectivity index (χ1v) is 11.3. The molecule has 1 aromatic carbocycles. The van der Waals surface area contributed by atoms with Gasteiger partial charge in [0.05, 0.1) is 20.3 Å². The van der Waals surface area contributed by atoms with Gasteiger partial charge in [-0.05, 0) is 17.7 Å². The van der Waals surface area contributed by atoms with Crippen molar-refractivity contribution in [2.24, 2.45) is 0 Å². The SMILES string of the molecule is COc1ccc(CNC(=O)CC2CN(C(C)=O)CCN2c2cc(-n3ccnc3)ncn2)cc1OC. The van der Waals surface area contributed by atoms with Crippen LogP contribution in [0, 0.1) is 0 Å². The molecule has 11 heteroatoms. The molecule has 1 unspecified atom stereocenters. The average Bonchev–Trinajstić information content (AvgIpc) is 3.42. The summed E-state index contributed by atoms with van der Waals surface area (Å²) in [7, 11) is 3.15. The zero-order valence-corrected chi connectivity index (χ0v) is 20.0. The number of carbonyl (C=O) groups is 2. The molecule has 0 radical (unpaired) electrons. The first-order chi connectivity index (χ1) is 17.0. The molecule has 1 atom stereocenters. The van der Waals surface area contributed by atoms with E-state index in [1.807, 2.05) is 18.2 Å². The lowest BCUT2D eigenvalue weighted by Gasteiger charge is -2.41. The van der Waals surface area contributed by atoms with Crippen molar-refractivity contribution >= 4 is 17.6 Å². The number of imidazole rings is 1. The Hall–Kier alpha value is -4.15. The largest absolute Gasteiger partial charge is 0.493 e. The highest BCUT2D eigenvalue weighted by Gasteiger charge is 2.31. The molecule has 1 fully saturated rings. The third-order valence-corrected chi connectivity index (χ3v) is 5.99. The van der Waals surface area contributed by atoms with Crippen LogP contribution in [0.25, 0.3) is 5.82 Å². The summed E-state index contributed by atoms with van der Waals surface area (Å²) in [6.45, 7) is 3.45. The fourth-order valence-electron chi connectivity index (χ4n) is 4.13. The highest BCUT2D eigenvalue weighted by atomic mass is 16.5. The number of anilines is 1. The van der Waals surface area contributed by atoms with Crippen LogP contribution >= 0.6 is 0 Å². The molecule has 3 aromatic rings. The van der Waals surface area contributed by atoms with E-state index in [2.05, 4.69) is 25.2 Å². The first kappa shape index (κ1) is 24.0. The second-order valence-electron chi connectivity index (χ2n) is 8.19. The summed E-state index contributed by atoms with van der Waals surface area (Å²) < 4.78 is 12.4. The van der Waals surface area contributed by atoms with Gasteiger partial charge in [-0.1, -0.05) is 6.07 Å². The Balaban J connectivity index is 1.47. The maximum atomic E-state index is 12.9. The van der Waals surface area contributed by atoms with Gasteiger partial charge in [0.2, 0.25) is 11.8 Å². The standard InChI is InChI=1S/C24H29N7O4/c1-17(32)29-8-9-31(23-12-22(27-15-28-23)30-7-6-25-16-30)19(14-29)11-24(33)26-13-18-4-5-20(34-2)21(10-18)35-3/h4-7,10,12,15-16,19H,8-9,11,13-14H2,1-3H3,(H,26,33). The predicted molar refractivity (Wildman–Crippen MR) is 129 cm³/mol. The van der Waals surface area contributed by atoms with Crippen molar-refractivity contribution in [2.75, 3.05) is 38.8 Å². The Morgan fingerprint density at radius 3 is 2.60 bits per heavy atom. The third-order valence-electron chi connectivity index (χ3n) is 5.99. The van der Waals surface area contributed by atoms with Crippen LogP contribution in [0.15, 0.2) is 49.3 Å². The van der Waals surface area contributed by atoms with Gasteiger partial charge in [0.25, 0.3) is 0 Å². The second kappa shape index (κ2) is 10.9. The van der Waals surface area contributed by atoms with Gasteiger partial charge in [-0.2, -0.15) is 0 Å². The molecule has 4 rings (SSSR count). The van der Waals surface area contributed by atoms with Gasteiger partial charge in [-0.25, -0.2) is 15.0 Å². The number of hydrogen-bond acceptors (Lipinski definition) is 8. The summed E-state index contributed by atoms with van der Waals surface area (Å²) in [4.78, 5) is 41.6. The van der Waals surface area contributed by atoms with Crippen molar-refractivity contribution in [3.8, 4) is 17.3 Å². The van der Waals surface area contributed by atoms with E-state index in [-0.39, 0.29) is 24.3 Å². The molecule has 1 aliphatic heterocycles. The Kier molecular flexibility index (Phi) is 7.44. The lowest BCUT2D eigenvalue weighted by molar-refractivity contribution is -0.130. The van der Waals surface area contributed by atoms with E-state index in [1.54, 1.807) is 55.4 Å². The van der Waals surface area contributed by atoms with Gasteiger partial charge in [0.1, 0.15) is 24.3 Å². The molecule has 2 aromatic heterocycles. The Morgan fingerprint density at radius 2 is 1.89 bits per heavy atom. The fourth-order valence-corrected chi connectivity index (χ4v) is 4.13. The number of rotatable bonds is 8. The van der Waals surface area contributed by atoms with Crippen LogP contribution in [-0.2, 0) is 16.1 Å². The maximum Gasteiger partial charge on any atom is 0.222 e. The molecule has 0 aliphatic carbocycles. The average molecular weight is 480 g/mol. The number of hydrogen-bond donors (Lipinski definition) is 1. The van der Waals surface area contributed by atoms with Crippen molar-refractivity contribution in [1.82, 2.24) is 29.7 Å². The molecule has 3 heterocycles. The van der Waals surface area contributed by atoms with Crippen LogP contribution < -0.4 is 19.7 Å². The lowest BCUT2D eigenvalue weighted by Crippen LogP contribution is -2.56. The number of amides is 2. The van der Waals surface area contributed by atoms with Crippen molar-refractivity contribution in [2.45, 2.75) is 25.9 Å². The molecule has 1 aliphatic rings. The molecule has 0 saturated carbocycles. The number of carbonyl (C=O) groups excluding carboxylic acids is 2.